The fraction of sp³-hybridized carbons (Fsp3) is 0.875. The molecule has 6 nitrogen and oxygen atoms in total. The Labute approximate surface area is 179 Å². The molecule has 0 heterocycles. The molecule has 0 aliphatic heterocycles. The molecule has 4 rings (SSSR count). The Kier molecular flexibility index (Phi) is 5.75. The fourth-order valence-corrected chi connectivity index (χ4v) is 8.27. The van der Waals surface area contributed by atoms with Crippen molar-refractivity contribution in [2.45, 2.75) is 84.3 Å². The molecule has 0 aromatic rings. The summed E-state index contributed by atoms with van der Waals surface area (Å²) >= 11 is 0. The Hall–Kier alpha value is -1.43. The van der Waals surface area contributed by atoms with E-state index in [2.05, 4.69) is 13.8 Å². The molecule has 0 saturated heterocycles. The molecule has 168 valence electrons. The lowest BCUT2D eigenvalue weighted by molar-refractivity contribution is -0.178. The van der Waals surface area contributed by atoms with E-state index >= 15 is 0 Å². The first-order chi connectivity index (χ1) is 14.2. The van der Waals surface area contributed by atoms with Crippen molar-refractivity contribution >= 4 is 18.2 Å². The summed E-state index contributed by atoms with van der Waals surface area (Å²) in [6.07, 6.45) is 6.89. The van der Waals surface area contributed by atoms with E-state index in [1.807, 2.05) is 0 Å². The van der Waals surface area contributed by atoms with Gasteiger partial charge in [-0.25, -0.2) is 0 Å². The zero-order valence-electron chi connectivity index (χ0n) is 18.5. The third-order valence-electron chi connectivity index (χ3n) is 9.69. The number of aliphatic hydroxyl groups is 1. The van der Waals surface area contributed by atoms with Gasteiger partial charge in [0.05, 0.1) is 6.10 Å². The lowest BCUT2D eigenvalue weighted by Crippen LogP contribution is -2.58. The first-order valence-corrected chi connectivity index (χ1v) is 11.6. The van der Waals surface area contributed by atoms with Gasteiger partial charge in [-0.1, -0.05) is 13.8 Å². The van der Waals surface area contributed by atoms with Crippen LogP contribution in [0.3, 0.4) is 0 Å². The predicted molar refractivity (Wildman–Crippen MR) is 109 cm³/mol. The molecular formula is C24H36O6. The molecule has 0 aromatic carbocycles. The second kappa shape index (κ2) is 7.92. The van der Waals surface area contributed by atoms with Crippen LogP contribution < -0.4 is 0 Å². The average Bonchev–Trinajstić information content (AvgIpc) is 3.05. The third-order valence-corrected chi connectivity index (χ3v) is 9.69. The number of aliphatic hydroxyl groups excluding tert-OH is 1. The summed E-state index contributed by atoms with van der Waals surface area (Å²) in [5.74, 6) is 1.17. The van der Waals surface area contributed by atoms with Crippen LogP contribution in [0, 0.1) is 40.4 Å². The minimum Gasteiger partial charge on any atom is -0.465 e. The Balaban J connectivity index is 1.53. The van der Waals surface area contributed by atoms with Gasteiger partial charge >= 0.3 is 5.97 Å². The molecule has 6 heteroatoms. The highest BCUT2D eigenvalue weighted by Crippen LogP contribution is 2.67. The van der Waals surface area contributed by atoms with E-state index in [-0.39, 0.29) is 47.3 Å². The highest BCUT2D eigenvalue weighted by atomic mass is 16.5. The number of Topliss-reactive ketones (excluding diaryl/α,β-unsaturated/α-hetero) is 1. The molecule has 30 heavy (non-hydrogen) atoms. The summed E-state index contributed by atoms with van der Waals surface area (Å²) in [6, 6.07) is 0. The molecule has 0 aromatic heterocycles. The van der Waals surface area contributed by atoms with Crippen molar-refractivity contribution in [2.75, 3.05) is 6.61 Å². The summed E-state index contributed by atoms with van der Waals surface area (Å²) in [4.78, 5) is 34.8. The van der Waals surface area contributed by atoms with Crippen molar-refractivity contribution in [2.24, 2.45) is 40.4 Å². The maximum absolute atomic E-state index is 12.9. The molecule has 0 spiro atoms. The van der Waals surface area contributed by atoms with Crippen LogP contribution in [0.4, 0.5) is 0 Å². The fourth-order valence-electron chi connectivity index (χ4n) is 8.27. The van der Waals surface area contributed by atoms with Crippen LogP contribution in [0.25, 0.3) is 0 Å². The van der Waals surface area contributed by atoms with E-state index in [1.165, 1.54) is 6.92 Å². The number of esters is 1. The molecule has 0 radical (unpaired) electrons. The summed E-state index contributed by atoms with van der Waals surface area (Å²) in [7, 11) is 0. The number of hydrogen-bond acceptors (Lipinski definition) is 6. The highest BCUT2D eigenvalue weighted by Gasteiger charge is 2.63. The summed E-state index contributed by atoms with van der Waals surface area (Å²) in [6.45, 7) is 6.37. The Morgan fingerprint density at radius 1 is 1.00 bits per heavy atom. The molecule has 4 aliphatic carbocycles. The predicted octanol–water partition coefficient (Wildman–Crippen LogP) is 3.29. The van der Waals surface area contributed by atoms with Crippen LogP contribution in [-0.4, -0.2) is 42.1 Å². The number of ether oxygens (including phenoxy) is 2. The maximum atomic E-state index is 12.9. The van der Waals surface area contributed by atoms with Gasteiger partial charge in [0, 0.05) is 12.8 Å². The van der Waals surface area contributed by atoms with Gasteiger partial charge in [0.2, 0.25) is 0 Å². The lowest BCUT2D eigenvalue weighted by Gasteiger charge is -2.62. The first-order valence-electron chi connectivity index (χ1n) is 11.6. The van der Waals surface area contributed by atoms with Crippen LogP contribution >= 0.6 is 0 Å². The van der Waals surface area contributed by atoms with Crippen LogP contribution in [0.15, 0.2) is 0 Å². The number of ketones is 1. The van der Waals surface area contributed by atoms with Gasteiger partial charge < -0.3 is 14.6 Å². The summed E-state index contributed by atoms with van der Waals surface area (Å²) in [5, 5.41) is 11.2. The largest absolute Gasteiger partial charge is 0.465 e. The van der Waals surface area contributed by atoms with Crippen LogP contribution in [0.5, 0.6) is 0 Å². The number of rotatable bonds is 5. The lowest BCUT2D eigenvalue weighted by atomic mass is 9.44. The summed E-state index contributed by atoms with van der Waals surface area (Å²) in [5.41, 5.74) is -0.00854. The quantitative estimate of drug-likeness (QED) is 0.542. The first kappa shape index (κ1) is 21.8. The smallest absolute Gasteiger partial charge is 0.303 e. The van der Waals surface area contributed by atoms with E-state index in [9.17, 15) is 19.5 Å². The monoisotopic (exact) mass is 420 g/mol. The van der Waals surface area contributed by atoms with Gasteiger partial charge in [0.1, 0.15) is 12.7 Å². The second-order valence-corrected chi connectivity index (χ2v) is 10.8. The van der Waals surface area contributed by atoms with Crippen molar-refractivity contribution < 1.29 is 29.0 Å². The molecular weight excluding hydrogens is 384 g/mol. The van der Waals surface area contributed by atoms with Gasteiger partial charge in [-0.15, -0.1) is 0 Å². The molecule has 4 fully saturated rings. The zero-order chi connectivity index (χ0) is 21.7. The van der Waals surface area contributed by atoms with Crippen LogP contribution in [0.1, 0.15) is 72.1 Å². The minimum absolute atomic E-state index is 0.0535. The van der Waals surface area contributed by atoms with Gasteiger partial charge in [-0.05, 0) is 85.9 Å². The van der Waals surface area contributed by atoms with E-state index in [0.717, 1.165) is 51.4 Å². The number of fused-ring (bicyclic) bond motifs is 5. The highest BCUT2D eigenvalue weighted by molar-refractivity contribution is 5.85. The third kappa shape index (κ3) is 3.39. The number of hydrogen-bond donors (Lipinski definition) is 1. The van der Waals surface area contributed by atoms with Crippen molar-refractivity contribution in [3.63, 3.8) is 0 Å². The Bertz CT molecular complexity index is 706. The van der Waals surface area contributed by atoms with Crippen molar-refractivity contribution in [1.29, 1.82) is 0 Å². The summed E-state index contributed by atoms with van der Waals surface area (Å²) < 4.78 is 10.3. The van der Waals surface area contributed by atoms with Gasteiger partial charge in [0.25, 0.3) is 6.47 Å². The van der Waals surface area contributed by atoms with Crippen molar-refractivity contribution in [3.05, 3.63) is 0 Å². The van der Waals surface area contributed by atoms with Crippen LogP contribution in [-0.2, 0) is 23.9 Å². The van der Waals surface area contributed by atoms with Crippen molar-refractivity contribution in [3.8, 4) is 0 Å². The topological polar surface area (TPSA) is 89.9 Å². The molecule has 0 bridgehead atoms. The zero-order valence-corrected chi connectivity index (χ0v) is 18.5. The van der Waals surface area contributed by atoms with Gasteiger partial charge in [0.15, 0.2) is 5.78 Å². The minimum atomic E-state index is -0.407. The molecule has 9 atom stereocenters. The molecule has 1 N–H and O–H groups in total. The molecule has 0 unspecified atom stereocenters. The molecule has 0 amide bonds. The number of carbonyl (C=O) groups is 3. The molecule has 4 aliphatic rings. The van der Waals surface area contributed by atoms with Gasteiger partial charge in [-0.2, -0.15) is 0 Å². The van der Waals surface area contributed by atoms with E-state index in [1.54, 1.807) is 0 Å². The standard InChI is InChI=1S/C24H36O6/c1-14(26)29-12-22(28)19-5-4-17-16-11-21(27)20-10-15(30-13-25)6-8-24(20,3)18(16)7-9-23(17,19)2/h13,15-21,27H,4-12H2,1-3H3/t15-,16-,17-,18-,19+,20+,21+,23-,24+/m0/s1. The Morgan fingerprint density at radius 3 is 2.40 bits per heavy atom. The van der Waals surface area contributed by atoms with E-state index in [0.29, 0.717) is 24.2 Å². The van der Waals surface area contributed by atoms with Crippen molar-refractivity contribution in [1.82, 2.24) is 0 Å². The van der Waals surface area contributed by atoms with E-state index in [4.69, 9.17) is 9.47 Å². The molecule has 4 saturated carbocycles. The maximum Gasteiger partial charge on any atom is 0.303 e. The number of carbonyl (C=O) groups excluding carboxylic acids is 3. The average molecular weight is 421 g/mol. The van der Waals surface area contributed by atoms with Gasteiger partial charge in [-0.3, -0.25) is 14.4 Å². The second-order valence-electron chi connectivity index (χ2n) is 10.8. The Morgan fingerprint density at radius 2 is 1.70 bits per heavy atom. The SMILES string of the molecule is CC(=O)OCC(=O)[C@H]1CC[C@H]2[C@@H]3C[C@@H](O)[C@H]4C[C@@H](OC=O)CC[C@]4(C)[C@H]3CC[C@]12C. The van der Waals surface area contributed by atoms with Crippen LogP contribution in [0.2, 0.25) is 0 Å². The normalized spacial score (nSPS) is 47.4. The van der Waals surface area contributed by atoms with E-state index < -0.39 is 5.97 Å².